The molecule has 2 nitrogen and oxygen atoms in total. The minimum Gasteiger partial charge on any atom is -0.381 e. The highest BCUT2D eigenvalue weighted by Crippen LogP contribution is 2.30. The van der Waals surface area contributed by atoms with Crippen LogP contribution in [0.2, 0.25) is 0 Å². The van der Waals surface area contributed by atoms with Gasteiger partial charge in [-0.25, -0.2) is 0 Å². The number of hydrogen-bond acceptors (Lipinski definition) is 2. The summed E-state index contributed by atoms with van der Waals surface area (Å²) in [6.45, 7) is 2.84. The molecule has 16 heavy (non-hydrogen) atoms. The van der Waals surface area contributed by atoms with Crippen LogP contribution in [-0.2, 0) is 4.74 Å². The Balaban J connectivity index is 1.63. The predicted octanol–water partition coefficient (Wildman–Crippen LogP) is 2.96. The maximum atomic E-state index is 5.93. The fraction of sp³-hybridized carbons (Fsp3) is 1.00. The van der Waals surface area contributed by atoms with Crippen molar-refractivity contribution in [3.05, 3.63) is 0 Å². The van der Waals surface area contributed by atoms with Crippen LogP contribution in [0.15, 0.2) is 0 Å². The van der Waals surface area contributed by atoms with Crippen molar-refractivity contribution < 1.29 is 4.74 Å². The Hall–Kier alpha value is -0.0800. The van der Waals surface area contributed by atoms with Crippen LogP contribution in [0.25, 0.3) is 0 Å². The van der Waals surface area contributed by atoms with Crippen LogP contribution in [-0.4, -0.2) is 19.8 Å². The van der Waals surface area contributed by atoms with Gasteiger partial charge in [0.05, 0.1) is 0 Å². The Kier molecular flexibility index (Phi) is 5.11. The van der Waals surface area contributed by atoms with Gasteiger partial charge >= 0.3 is 0 Å². The van der Waals surface area contributed by atoms with Crippen LogP contribution in [0.4, 0.5) is 0 Å². The third-order valence-electron chi connectivity index (χ3n) is 4.53. The monoisotopic (exact) mass is 225 g/mol. The molecule has 0 bridgehead atoms. The van der Waals surface area contributed by atoms with Crippen LogP contribution in [0, 0.1) is 17.8 Å². The molecule has 0 aromatic carbocycles. The van der Waals surface area contributed by atoms with E-state index >= 15 is 0 Å². The van der Waals surface area contributed by atoms with Crippen LogP contribution >= 0.6 is 0 Å². The molecule has 0 spiro atoms. The molecule has 2 aliphatic carbocycles. The molecule has 0 amide bonds. The van der Waals surface area contributed by atoms with E-state index in [0.29, 0.717) is 0 Å². The molecule has 2 aliphatic rings. The van der Waals surface area contributed by atoms with Gasteiger partial charge in [-0.1, -0.05) is 25.7 Å². The lowest BCUT2D eigenvalue weighted by atomic mass is 9.80. The van der Waals surface area contributed by atoms with Crippen LogP contribution < -0.4 is 5.73 Å². The summed E-state index contributed by atoms with van der Waals surface area (Å²) in [7, 11) is 0. The molecule has 0 aromatic heterocycles. The Morgan fingerprint density at radius 1 is 0.812 bits per heavy atom. The van der Waals surface area contributed by atoms with Gasteiger partial charge in [-0.05, 0) is 50.0 Å². The van der Waals surface area contributed by atoms with Crippen molar-refractivity contribution in [1.82, 2.24) is 0 Å². The molecule has 2 heteroatoms. The average Bonchev–Trinajstić information content (AvgIpc) is 2.83. The van der Waals surface area contributed by atoms with Gasteiger partial charge in [0.2, 0.25) is 0 Å². The smallest absolute Gasteiger partial charge is 0.0497 e. The molecule has 0 aromatic rings. The summed E-state index contributed by atoms with van der Waals surface area (Å²) in [5.41, 5.74) is 5.83. The molecule has 2 unspecified atom stereocenters. The highest BCUT2D eigenvalue weighted by atomic mass is 16.5. The highest BCUT2D eigenvalue weighted by Gasteiger charge is 2.24. The molecule has 2 rings (SSSR count). The van der Waals surface area contributed by atoms with E-state index in [9.17, 15) is 0 Å². The second-order valence-electron chi connectivity index (χ2n) is 5.73. The zero-order valence-electron chi connectivity index (χ0n) is 10.5. The van der Waals surface area contributed by atoms with Gasteiger partial charge in [-0.15, -0.1) is 0 Å². The van der Waals surface area contributed by atoms with Gasteiger partial charge in [0, 0.05) is 13.2 Å². The molecule has 0 aliphatic heterocycles. The first-order valence-corrected chi connectivity index (χ1v) is 7.18. The number of nitrogens with two attached hydrogens (primary N) is 1. The van der Waals surface area contributed by atoms with Gasteiger partial charge in [-0.2, -0.15) is 0 Å². The second-order valence-corrected chi connectivity index (χ2v) is 5.73. The standard InChI is InChI=1S/C14H27NO/c15-9-13-7-3-4-8-14(13)11-16-10-12-5-1-2-6-12/h12-14H,1-11,15H2. The largest absolute Gasteiger partial charge is 0.381 e. The third kappa shape index (κ3) is 3.46. The fourth-order valence-corrected chi connectivity index (χ4v) is 3.38. The quantitative estimate of drug-likeness (QED) is 0.780. The molecule has 2 fully saturated rings. The predicted molar refractivity (Wildman–Crippen MR) is 67.3 cm³/mol. The molecule has 2 saturated carbocycles. The molecule has 94 valence electrons. The molecule has 0 saturated heterocycles. The fourth-order valence-electron chi connectivity index (χ4n) is 3.38. The first-order valence-electron chi connectivity index (χ1n) is 7.18. The molecular formula is C14H27NO. The maximum Gasteiger partial charge on any atom is 0.0497 e. The summed E-state index contributed by atoms with van der Waals surface area (Å²) < 4.78 is 5.93. The Labute approximate surface area is 99.9 Å². The van der Waals surface area contributed by atoms with E-state index in [1.807, 2.05) is 0 Å². The molecular weight excluding hydrogens is 198 g/mol. The van der Waals surface area contributed by atoms with Gasteiger partial charge in [0.15, 0.2) is 0 Å². The highest BCUT2D eigenvalue weighted by molar-refractivity contribution is 4.76. The molecule has 0 radical (unpaired) electrons. The summed E-state index contributed by atoms with van der Waals surface area (Å²) in [4.78, 5) is 0. The molecule has 2 N–H and O–H groups in total. The zero-order chi connectivity index (χ0) is 11.2. The Morgan fingerprint density at radius 3 is 2.12 bits per heavy atom. The summed E-state index contributed by atoms with van der Waals surface area (Å²) in [5, 5.41) is 0. The van der Waals surface area contributed by atoms with Crippen LogP contribution in [0.3, 0.4) is 0 Å². The topological polar surface area (TPSA) is 35.2 Å². The van der Waals surface area contributed by atoms with Gasteiger partial charge in [0.25, 0.3) is 0 Å². The van der Waals surface area contributed by atoms with E-state index in [2.05, 4.69) is 0 Å². The van der Waals surface area contributed by atoms with E-state index in [-0.39, 0.29) is 0 Å². The van der Waals surface area contributed by atoms with Crippen molar-refractivity contribution in [1.29, 1.82) is 0 Å². The van der Waals surface area contributed by atoms with E-state index in [4.69, 9.17) is 10.5 Å². The van der Waals surface area contributed by atoms with Crippen molar-refractivity contribution in [2.24, 2.45) is 23.5 Å². The van der Waals surface area contributed by atoms with Crippen LogP contribution in [0.5, 0.6) is 0 Å². The summed E-state index contributed by atoms with van der Waals surface area (Å²) in [5.74, 6) is 2.34. The first-order chi connectivity index (χ1) is 7.90. The minimum absolute atomic E-state index is 0.734. The lowest BCUT2D eigenvalue weighted by molar-refractivity contribution is 0.0421. The van der Waals surface area contributed by atoms with Crippen LogP contribution in [0.1, 0.15) is 51.4 Å². The molecule has 0 heterocycles. The van der Waals surface area contributed by atoms with Crippen molar-refractivity contribution in [2.45, 2.75) is 51.4 Å². The van der Waals surface area contributed by atoms with Gasteiger partial charge in [-0.3, -0.25) is 0 Å². The number of rotatable bonds is 5. The SMILES string of the molecule is NCC1CCCCC1COCC1CCCC1. The van der Waals surface area contributed by atoms with Gasteiger partial charge in [0.1, 0.15) is 0 Å². The van der Waals surface area contributed by atoms with Crippen molar-refractivity contribution >= 4 is 0 Å². The van der Waals surface area contributed by atoms with Crippen molar-refractivity contribution in [3.63, 3.8) is 0 Å². The minimum atomic E-state index is 0.734. The number of hydrogen-bond donors (Lipinski definition) is 1. The molecule has 2 atom stereocenters. The third-order valence-corrected chi connectivity index (χ3v) is 4.53. The maximum absolute atomic E-state index is 5.93. The van der Waals surface area contributed by atoms with E-state index in [1.54, 1.807) is 0 Å². The van der Waals surface area contributed by atoms with Crippen molar-refractivity contribution in [2.75, 3.05) is 19.8 Å². The van der Waals surface area contributed by atoms with Crippen molar-refractivity contribution in [3.8, 4) is 0 Å². The first kappa shape index (κ1) is 12.4. The van der Waals surface area contributed by atoms with E-state index in [1.165, 1.54) is 51.4 Å². The second kappa shape index (κ2) is 6.61. The van der Waals surface area contributed by atoms with Gasteiger partial charge < -0.3 is 10.5 Å². The van der Waals surface area contributed by atoms with E-state index < -0.39 is 0 Å². The normalized spacial score (nSPS) is 32.1. The zero-order valence-corrected chi connectivity index (χ0v) is 10.5. The summed E-state index contributed by atoms with van der Waals surface area (Å²) in [6, 6.07) is 0. The average molecular weight is 225 g/mol. The Morgan fingerprint density at radius 2 is 1.44 bits per heavy atom. The summed E-state index contributed by atoms with van der Waals surface area (Å²) >= 11 is 0. The van der Waals surface area contributed by atoms with E-state index in [0.717, 1.165) is 37.5 Å². The summed E-state index contributed by atoms with van der Waals surface area (Å²) in [6.07, 6.45) is 11.1. The Bertz CT molecular complexity index is 189. The lowest BCUT2D eigenvalue weighted by Gasteiger charge is -2.30. The number of ether oxygens (including phenoxy) is 1. The lowest BCUT2D eigenvalue weighted by Crippen LogP contribution is -2.30.